The van der Waals surface area contributed by atoms with Gasteiger partial charge in [-0.05, 0) is 43.7 Å². The topological polar surface area (TPSA) is 79.4 Å². The fourth-order valence-corrected chi connectivity index (χ4v) is 5.02. The Bertz CT molecular complexity index is 1100. The second-order valence-electron chi connectivity index (χ2n) is 6.60. The standard InChI is InChI=1S/C21H23N3O3S2/c1-4-19(21-22-15(2)14-28-21)23-20(25)16-9-8-12-18(13-16)29(26,27)24(3)17-10-6-5-7-11-17/h5-14,19H,4H2,1-3H3,(H,23,25). The van der Waals surface area contributed by atoms with E-state index < -0.39 is 10.0 Å². The molecule has 1 atom stereocenters. The van der Waals surface area contributed by atoms with Crippen LogP contribution in [-0.4, -0.2) is 26.4 Å². The van der Waals surface area contributed by atoms with Crippen molar-refractivity contribution in [3.63, 3.8) is 0 Å². The molecule has 0 saturated heterocycles. The van der Waals surface area contributed by atoms with Crippen molar-refractivity contribution < 1.29 is 13.2 Å². The number of rotatable bonds is 7. The third-order valence-electron chi connectivity index (χ3n) is 4.52. The molecule has 0 aliphatic rings. The Morgan fingerprint density at radius 1 is 1.17 bits per heavy atom. The minimum atomic E-state index is -3.79. The predicted molar refractivity (Wildman–Crippen MR) is 116 cm³/mol. The molecule has 3 aromatic rings. The first-order valence-corrected chi connectivity index (χ1v) is 11.5. The Morgan fingerprint density at radius 3 is 2.52 bits per heavy atom. The largest absolute Gasteiger partial charge is 0.343 e. The number of sulfonamides is 1. The van der Waals surface area contributed by atoms with Gasteiger partial charge in [0, 0.05) is 23.7 Å². The van der Waals surface area contributed by atoms with Gasteiger partial charge in [-0.1, -0.05) is 31.2 Å². The number of aryl methyl sites for hydroxylation is 1. The maximum absolute atomic E-state index is 13.0. The van der Waals surface area contributed by atoms with Crippen LogP contribution in [0.15, 0.2) is 64.9 Å². The number of carbonyl (C=O) groups is 1. The van der Waals surface area contributed by atoms with E-state index >= 15 is 0 Å². The van der Waals surface area contributed by atoms with Crippen LogP contribution in [0.4, 0.5) is 5.69 Å². The number of anilines is 1. The molecule has 0 saturated carbocycles. The molecule has 0 fully saturated rings. The van der Waals surface area contributed by atoms with Gasteiger partial charge in [-0.15, -0.1) is 11.3 Å². The lowest BCUT2D eigenvalue weighted by Gasteiger charge is -2.20. The van der Waals surface area contributed by atoms with E-state index in [0.717, 1.165) is 10.7 Å². The van der Waals surface area contributed by atoms with Crippen LogP contribution in [0.3, 0.4) is 0 Å². The summed E-state index contributed by atoms with van der Waals surface area (Å²) in [6.07, 6.45) is 0.688. The highest BCUT2D eigenvalue weighted by Gasteiger charge is 2.23. The van der Waals surface area contributed by atoms with E-state index in [2.05, 4.69) is 10.3 Å². The van der Waals surface area contributed by atoms with E-state index in [1.54, 1.807) is 36.4 Å². The van der Waals surface area contributed by atoms with Crippen LogP contribution in [-0.2, 0) is 10.0 Å². The summed E-state index contributed by atoms with van der Waals surface area (Å²) in [5, 5.41) is 5.73. The molecule has 1 heterocycles. The van der Waals surface area contributed by atoms with Crippen LogP contribution in [0.5, 0.6) is 0 Å². The smallest absolute Gasteiger partial charge is 0.264 e. The highest BCUT2D eigenvalue weighted by molar-refractivity contribution is 7.92. The summed E-state index contributed by atoms with van der Waals surface area (Å²) < 4.78 is 27.2. The maximum atomic E-state index is 13.0. The molecule has 8 heteroatoms. The van der Waals surface area contributed by atoms with Gasteiger partial charge in [-0.3, -0.25) is 9.10 Å². The Morgan fingerprint density at radius 2 is 1.90 bits per heavy atom. The normalized spacial score (nSPS) is 12.4. The first-order valence-electron chi connectivity index (χ1n) is 9.20. The summed E-state index contributed by atoms with van der Waals surface area (Å²) in [5.74, 6) is -0.330. The number of para-hydroxylation sites is 1. The number of benzene rings is 2. The number of thiazole rings is 1. The van der Waals surface area contributed by atoms with Crippen LogP contribution >= 0.6 is 11.3 Å². The van der Waals surface area contributed by atoms with E-state index in [1.807, 2.05) is 25.3 Å². The zero-order chi connectivity index (χ0) is 21.0. The van der Waals surface area contributed by atoms with Crippen molar-refractivity contribution in [2.75, 3.05) is 11.4 Å². The quantitative estimate of drug-likeness (QED) is 0.612. The van der Waals surface area contributed by atoms with E-state index in [9.17, 15) is 13.2 Å². The van der Waals surface area contributed by atoms with Gasteiger partial charge in [0.25, 0.3) is 15.9 Å². The number of amides is 1. The predicted octanol–water partition coefficient (Wildman–Crippen LogP) is 4.16. The SMILES string of the molecule is CCC(NC(=O)c1cccc(S(=O)(=O)N(C)c2ccccc2)c1)c1nc(C)cs1. The first kappa shape index (κ1) is 21.0. The zero-order valence-electron chi connectivity index (χ0n) is 16.5. The molecule has 0 aliphatic heterocycles. The van der Waals surface area contributed by atoms with Crippen molar-refractivity contribution in [3.05, 3.63) is 76.2 Å². The second-order valence-corrected chi connectivity index (χ2v) is 9.46. The lowest BCUT2D eigenvalue weighted by atomic mass is 10.1. The molecule has 29 heavy (non-hydrogen) atoms. The molecule has 152 valence electrons. The maximum Gasteiger partial charge on any atom is 0.264 e. The Hall–Kier alpha value is -2.71. The minimum Gasteiger partial charge on any atom is -0.343 e. The van der Waals surface area contributed by atoms with Gasteiger partial charge in [0.05, 0.1) is 16.6 Å². The molecule has 0 bridgehead atoms. The Labute approximate surface area is 175 Å². The molecular formula is C21H23N3O3S2. The third kappa shape index (κ3) is 4.65. The average Bonchev–Trinajstić information content (AvgIpc) is 3.18. The second kappa shape index (κ2) is 8.75. The van der Waals surface area contributed by atoms with Gasteiger partial charge in [0.2, 0.25) is 0 Å². The Balaban J connectivity index is 1.84. The van der Waals surface area contributed by atoms with Crippen LogP contribution in [0.1, 0.15) is 40.4 Å². The van der Waals surface area contributed by atoms with Gasteiger partial charge in [0.1, 0.15) is 5.01 Å². The number of carbonyl (C=O) groups excluding carboxylic acids is 1. The number of aromatic nitrogens is 1. The number of hydrogen-bond acceptors (Lipinski definition) is 5. The van der Waals surface area contributed by atoms with Crippen molar-refractivity contribution in [2.45, 2.75) is 31.2 Å². The molecule has 0 radical (unpaired) electrons. The van der Waals surface area contributed by atoms with Gasteiger partial charge < -0.3 is 5.32 Å². The summed E-state index contributed by atoms with van der Waals surface area (Å²) >= 11 is 1.50. The summed E-state index contributed by atoms with van der Waals surface area (Å²) in [6, 6.07) is 14.7. The van der Waals surface area contributed by atoms with Gasteiger partial charge in [-0.25, -0.2) is 13.4 Å². The fourth-order valence-electron chi connectivity index (χ4n) is 2.84. The summed E-state index contributed by atoms with van der Waals surface area (Å²) in [4.78, 5) is 17.3. The molecule has 1 unspecified atom stereocenters. The third-order valence-corrected chi connectivity index (χ3v) is 7.38. The van der Waals surface area contributed by atoms with E-state index in [1.165, 1.54) is 34.8 Å². The molecule has 1 N–H and O–H groups in total. The highest BCUT2D eigenvalue weighted by Crippen LogP contribution is 2.24. The van der Waals surface area contributed by atoms with E-state index in [-0.39, 0.29) is 16.8 Å². The van der Waals surface area contributed by atoms with Gasteiger partial charge in [-0.2, -0.15) is 0 Å². The lowest BCUT2D eigenvalue weighted by molar-refractivity contribution is 0.0935. The molecule has 1 aromatic heterocycles. The van der Waals surface area contributed by atoms with Crippen LogP contribution in [0, 0.1) is 6.92 Å². The van der Waals surface area contributed by atoms with Crippen LogP contribution in [0.25, 0.3) is 0 Å². The van der Waals surface area contributed by atoms with Crippen molar-refractivity contribution in [1.29, 1.82) is 0 Å². The van der Waals surface area contributed by atoms with Crippen molar-refractivity contribution in [1.82, 2.24) is 10.3 Å². The molecular weight excluding hydrogens is 406 g/mol. The molecule has 0 aliphatic carbocycles. The van der Waals surface area contributed by atoms with Crippen molar-refractivity contribution in [3.8, 4) is 0 Å². The van der Waals surface area contributed by atoms with Crippen molar-refractivity contribution in [2.24, 2.45) is 0 Å². The van der Waals surface area contributed by atoms with Gasteiger partial charge in [0.15, 0.2) is 0 Å². The van der Waals surface area contributed by atoms with Crippen LogP contribution < -0.4 is 9.62 Å². The van der Waals surface area contributed by atoms with Crippen LogP contribution in [0.2, 0.25) is 0 Å². The van der Waals surface area contributed by atoms with Crippen molar-refractivity contribution >= 4 is 33.0 Å². The van der Waals surface area contributed by atoms with E-state index in [0.29, 0.717) is 17.7 Å². The number of nitrogens with one attached hydrogen (secondary N) is 1. The Kier molecular flexibility index (Phi) is 6.34. The zero-order valence-corrected chi connectivity index (χ0v) is 18.1. The molecule has 3 rings (SSSR count). The molecule has 2 aromatic carbocycles. The number of hydrogen-bond donors (Lipinski definition) is 1. The van der Waals surface area contributed by atoms with Gasteiger partial charge >= 0.3 is 0 Å². The van der Waals surface area contributed by atoms with E-state index in [4.69, 9.17) is 0 Å². The summed E-state index contributed by atoms with van der Waals surface area (Å²) in [6.45, 7) is 3.88. The highest BCUT2D eigenvalue weighted by atomic mass is 32.2. The summed E-state index contributed by atoms with van der Waals surface area (Å²) in [7, 11) is -2.29. The molecule has 6 nitrogen and oxygen atoms in total. The fraction of sp³-hybridized carbons (Fsp3) is 0.238. The minimum absolute atomic E-state index is 0.0645. The number of nitrogens with zero attached hydrogens (tertiary/aromatic N) is 2. The monoisotopic (exact) mass is 429 g/mol. The first-order chi connectivity index (χ1) is 13.8. The average molecular weight is 430 g/mol. The molecule has 1 amide bonds. The lowest BCUT2D eigenvalue weighted by Crippen LogP contribution is -2.29. The summed E-state index contributed by atoms with van der Waals surface area (Å²) in [5.41, 5.74) is 1.75. The molecule has 0 spiro atoms.